The second-order valence-corrected chi connectivity index (χ2v) is 4.25. The Morgan fingerprint density at radius 3 is 3.11 bits per heavy atom. The first-order valence-electron chi connectivity index (χ1n) is 5.88. The van der Waals surface area contributed by atoms with Crippen LogP contribution in [0.3, 0.4) is 0 Å². The largest absolute Gasteiger partial charge is 0.490 e. The number of hydrogen-bond acceptors (Lipinski definition) is 3. The fourth-order valence-corrected chi connectivity index (χ4v) is 1.84. The van der Waals surface area contributed by atoms with E-state index in [1.807, 2.05) is 38.3 Å². The van der Waals surface area contributed by atoms with Crippen molar-refractivity contribution in [2.45, 2.75) is 26.4 Å². The first-order chi connectivity index (χ1) is 8.72. The van der Waals surface area contributed by atoms with E-state index in [1.165, 1.54) is 6.08 Å². The lowest BCUT2D eigenvalue weighted by atomic mass is 10.1. The lowest BCUT2D eigenvalue weighted by Gasteiger charge is -2.11. The molecule has 0 amide bonds. The SMILES string of the molecule is CC(C)Oc1ccnc2[nH]cc(C/C=C\C#N)c12. The third-order valence-corrected chi connectivity index (χ3v) is 2.51. The lowest BCUT2D eigenvalue weighted by Crippen LogP contribution is -2.06. The topological polar surface area (TPSA) is 61.7 Å². The Labute approximate surface area is 106 Å². The molecule has 92 valence electrons. The highest BCUT2D eigenvalue weighted by Crippen LogP contribution is 2.28. The van der Waals surface area contributed by atoms with Crippen molar-refractivity contribution in [2.75, 3.05) is 0 Å². The summed E-state index contributed by atoms with van der Waals surface area (Å²) in [4.78, 5) is 7.39. The van der Waals surface area contributed by atoms with Crippen molar-refractivity contribution in [1.82, 2.24) is 9.97 Å². The van der Waals surface area contributed by atoms with Gasteiger partial charge in [-0.2, -0.15) is 5.26 Å². The Bertz CT molecular complexity index is 605. The van der Waals surface area contributed by atoms with Gasteiger partial charge >= 0.3 is 0 Å². The third-order valence-electron chi connectivity index (χ3n) is 2.51. The van der Waals surface area contributed by atoms with Gasteiger partial charge in [0.1, 0.15) is 11.4 Å². The van der Waals surface area contributed by atoms with Gasteiger partial charge < -0.3 is 9.72 Å². The molecule has 0 bridgehead atoms. The average molecular weight is 241 g/mol. The second-order valence-electron chi connectivity index (χ2n) is 4.25. The van der Waals surface area contributed by atoms with Crippen molar-refractivity contribution in [2.24, 2.45) is 0 Å². The van der Waals surface area contributed by atoms with E-state index in [-0.39, 0.29) is 6.10 Å². The van der Waals surface area contributed by atoms with Crippen LogP contribution in [0.25, 0.3) is 11.0 Å². The van der Waals surface area contributed by atoms with Gasteiger partial charge in [0.25, 0.3) is 0 Å². The van der Waals surface area contributed by atoms with Gasteiger partial charge in [-0.05, 0) is 31.9 Å². The Balaban J connectivity index is 2.42. The standard InChI is InChI=1S/C14H15N3O/c1-10(2)18-12-6-8-16-14-13(12)11(9-17-14)5-3-4-7-15/h3-4,6,8-10H,5H2,1-2H3,(H,16,17)/b4-3-. The Hall–Kier alpha value is -2.28. The number of nitriles is 1. The molecule has 1 N–H and O–H groups in total. The summed E-state index contributed by atoms with van der Waals surface area (Å²) in [6.45, 7) is 3.99. The van der Waals surface area contributed by atoms with Gasteiger partial charge in [0.15, 0.2) is 0 Å². The zero-order valence-corrected chi connectivity index (χ0v) is 10.5. The van der Waals surface area contributed by atoms with Crippen molar-refractivity contribution in [1.29, 1.82) is 5.26 Å². The van der Waals surface area contributed by atoms with Crippen LogP contribution in [0, 0.1) is 11.3 Å². The van der Waals surface area contributed by atoms with Gasteiger partial charge in [-0.15, -0.1) is 0 Å². The summed E-state index contributed by atoms with van der Waals surface area (Å²) in [6.07, 6.45) is 7.76. The van der Waals surface area contributed by atoms with Crippen LogP contribution in [0.4, 0.5) is 0 Å². The molecular formula is C14H15N3O. The van der Waals surface area contributed by atoms with E-state index in [0.717, 1.165) is 22.3 Å². The van der Waals surface area contributed by atoms with Gasteiger partial charge in [0.2, 0.25) is 0 Å². The number of aromatic nitrogens is 2. The maximum Gasteiger partial charge on any atom is 0.141 e. The first-order valence-corrected chi connectivity index (χ1v) is 5.88. The van der Waals surface area contributed by atoms with Crippen molar-refractivity contribution in [3.05, 3.63) is 36.2 Å². The van der Waals surface area contributed by atoms with Crippen LogP contribution in [0.1, 0.15) is 19.4 Å². The van der Waals surface area contributed by atoms with E-state index in [4.69, 9.17) is 10.00 Å². The zero-order chi connectivity index (χ0) is 13.0. The molecule has 0 saturated heterocycles. The molecule has 2 rings (SSSR count). The third kappa shape index (κ3) is 2.51. The molecule has 18 heavy (non-hydrogen) atoms. The molecule has 2 aromatic rings. The van der Waals surface area contributed by atoms with E-state index in [1.54, 1.807) is 6.20 Å². The van der Waals surface area contributed by atoms with Gasteiger partial charge in [0.05, 0.1) is 17.6 Å². The van der Waals surface area contributed by atoms with Crippen molar-refractivity contribution in [3.8, 4) is 11.8 Å². The molecule has 0 aliphatic rings. The van der Waals surface area contributed by atoms with Crippen LogP contribution in [0.2, 0.25) is 0 Å². The Morgan fingerprint density at radius 1 is 1.56 bits per heavy atom. The van der Waals surface area contributed by atoms with Crippen molar-refractivity contribution >= 4 is 11.0 Å². The molecule has 0 radical (unpaired) electrons. The molecule has 2 heterocycles. The zero-order valence-electron chi connectivity index (χ0n) is 10.5. The number of allylic oxidation sites excluding steroid dienone is 2. The molecule has 0 aliphatic heterocycles. The minimum absolute atomic E-state index is 0.119. The summed E-state index contributed by atoms with van der Waals surface area (Å²) in [7, 11) is 0. The fraction of sp³-hybridized carbons (Fsp3) is 0.286. The molecule has 0 spiro atoms. The molecule has 4 nitrogen and oxygen atoms in total. The van der Waals surface area contributed by atoms with E-state index < -0.39 is 0 Å². The first kappa shape index (κ1) is 12.2. The highest BCUT2D eigenvalue weighted by Gasteiger charge is 2.10. The Morgan fingerprint density at radius 2 is 2.39 bits per heavy atom. The van der Waals surface area contributed by atoms with Crippen LogP contribution in [0.15, 0.2) is 30.6 Å². The predicted molar refractivity (Wildman–Crippen MR) is 70.3 cm³/mol. The molecule has 0 aromatic carbocycles. The van der Waals surface area contributed by atoms with Crippen molar-refractivity contribution in [3.63, 3.8) is 0 Å². The number of nitrogens with one attached hydrogen (secondary N) is 1. The number of ether oxygens (including phenoxy) is 1. The molecule has 0 fully saturated rings. The summed E-state index contributed by atoms with van der Waals surface area (Å²) in [5.74, 6) is 0.830. The second kappa shape index (κ2) is 5.37. The molecule has 4 heteroatoms. The van der Waals surface area contributed by atoms with Crippen LogP contribution in [-0.4, -0.2) is 16.1 Å². The van der Waals surface area contributed by atoms with Crippen LogP contribution in [0.5, 0.6) is 5.75 Å². The normalized spacial score (nSPS) is 11.2. The van der Waals surface area contributed by atoms with E-state index in [9.17, 15) is 0 Å². The highest BCUT2D eigenvalue weighted by atomic mass is 16.5. The maximum atomic E-state index is 8.50. The van der Waals surface area contributed by atoms with Crippen LogP contribution < -0.4 is 4.74 Å². The summed E-state index contributed by atoms with van der Waals surface area (Å²) in [6, 6.07) is 3.86. The van der Waals surface area contributed by atoms with Gasteiger partial charge in [-0.25, -0.2) is 4.98 Å². The summed E-state index contributed by atoms with van der Waals surface area (Å²) in [5, 5.41) is 9.49. The molecule has 0 saturated carbocycles. The highest BCUT2D eigenvalue weighted by molar-refractivity contribution is 5.86. The Kier molecular flexibility index (Phi) is 3.63. The van der Waals surface area contributed by atoms with E-state index in [2.05, 4.69) is 9.97 Å². The van der Waals surface area contributed by atoms with E-state index in [0.29, 0.717) is 6.42 Å². The monoisotopic (exact) mass is 241 g/mol. The minimum atomic E-state index is 0.119. The minimum Gasteiger partial charge on any atom is -0.490 e. The molecule has 2 aromatic heterocycles. The number of aromatic amines is 1. The van der Waals surface area contributed by atoms with E-state index >= 15 is 0 Å². The molecular weight excluding hydrogens is 226 g/mol. The fourth-order valence-electron chi connectivity index (χ4n) is 1.84. The number of rotatable bonds is 4. The number of H-pyrrole nitrogens is 1. The van der Waals surface area contributed by atoms with Gasteiger partial charge in [0, 0.05) is 18.5 Å². The number of pyridine rings is 1. The number of hydrogen-bond donors (Lipinski definition) is 1. The average Bonchev–Trinajstić information content (AvgIpc) is 2.73. The van der Waals surface area contributed by atoms with Crippen LogP contribution in [-0.2, 0) is 6.42 Å². The smallest absolute Gasteiger partial charge is 0.141 e. The molecule has 0 unspecified atom stereocenters. The summed E-state index contributed by atoms with van der Waals surface area (Å²) in [5.41, 5.74) is 1.90. The van der Waals surface area contributed by atoms with Gasteiger partial charge in [-0.1, -0.05) is 6.08 Å². The lowest BCUT2D eigenvalue weighted by molar-refractivity contribution is 0.245. The number of nitrogens with zero attached hydrogens (tertiary/aromatic N) is 2. The van der Waals surface area contributed by atoms with Gasteiger partial charge in [-0.3, -0.25) is 0 Å². The summed E-state index contributed by atoms with van der Waals surface area (Å²) >= 11 is 0. The molecule has 0 aliphatic carbocycles. The maximum absolute atomic E-state index is 8.50. The van der Waals surface area contributed by atoms with Crippen LogP contribution >= 0.6 is 0 Å². The quantitative estimate of drug-likeness (QED) is 0.837. The summed E-state index contributed by atoms with van der Waals surface area (Å²) < 4.78 is 5.78. The molecule has 0 atom stereocenters. The van der Waals surface area contributed by atoms with Crippen molar-refractivity contribution < 1.29 is 4.74 Å². The predicted octanol–water partition coefficient (Wildman–Crippen LogP) is 2.97. The number of fused-ring (bicyclic) bond motifs is 1.